The third-order valence-electron chi connectivity index (χ3n) is 3.52. The highest BCUT2D eigenvalue weighted by Crippen LogP contribution is 2.38. The van der Waals surface area contributed by atoms with Gasteiger partial charge < -0.3 is 10.3 Å². The van der Waals surface area contributed by atoms with Gasteiger partial charge in [-0.2, -0.15) is 0 Å². The summed E-state index contributed by atoms with van der Waals surface area (Å²) in [5, 5.41) is 4.24. The van der Waals surface area contributed by atoms with Gasteiger partial charge in [0.15, 0.2) is 0 Å². The average Bonchev–Trinajstić information content (AvgIpc) is 2.80. The Morgan fingerprint density at radius 3 is 2.55 bits per heavy atom. The Labute approximate surface area is 128 Å². The van der Waals surface area contributed by atoms with E-state index in [0.29, 0.717) is 11.8 Å². The molecule has 0 radical (unpaired) electrons. The maximum Gasteiger partial charge on any atom is 0.230 e. The predicted molar refractivity (Wildman–Crippen MR) is 86.6 cm³/mol. The molecule has 20 heavy (non-hydrogen) atoms. The SMILES string of the molecule is CCCC(CCC)c1noc(N)c1-c1cccc(Br)c1. The van der Waals surface area contributed by atoms with Crippen molar-refractivity contribution in [3.05, 3.63) is 34.4 Å². The Morgan fingerprint density at radius 1 is 1.25 bits per heavy atom. The number of nitrogen functional groups attached to an aromatic ring is 1. The fraction of sp³-hybridized carbons (Fsp3) is 0.438. The maximum atomic E-state index is 6.01. The molecule has 0 atom stereocenters. The van der Waals surface area contributed by atoms with E-state index >= 15 is 0 Å². The molecule has 0 spiro atoms. The van der Waals surface area contributed by atoms with Crippen molar-refractivity contribution in [2.75, 3.05) is 5.73 Å². The normalized spacial score (nSPS) is 11.2. The van der Waals surface area contributed by atoms with Gasteiger partial charge in [-0.3, -0.25) is 0 Å². The van der Waals surface area contributed by atoms with Crippen molar-refractivity contribution in [1.29, 1.82) is 0 Å². The van der Waals surface area contributed by atoms with E-state index in [4.69, 9.17) is 10.3 Å². The molecule has 1 heterocycles. The van der Waals surface area contributed by atoms with Gasteiger partial charge in [-0.1, -0.05) is 59.9 Å². The van der Waals surface area contributed by atoms with Crippen LogP contribution in [0.4, 0.5) is 5.88 Å². The molecule has 0 amide bonds. The zero-order valence-electron chi connectivity index (χ0n) is 12.0. The number of hydrogen-bond donors (Lipinski definition) is 1. The van der Waals surface area contributed by atoms with E-state index in [1.807, 2.05) is 18.2 Å². The molecule has 0 fully saturated rings. The fourth-order valence-electron chi connectivity index (χ4n) is 2.64. The molecular formula is C16H21BrN2O. The van der Waals surface area contributed by atoms with Crippen LogP contribution in [0, 0.1) is 0 Å². The van der Waals surface area contributed by atoms with Crippen LogP contribution in [0.15, 0.2) is 33.3 Å². The summed E-state index contributed by atoms with van der Waals surface area (Å²) in [4.78, 5) is 0. The Balaban J connectivity index is 2.45. The minimum absolute atomic E-state index is 0.412. The molecule has 1 aromatic heterocycles. The van der Waals surface area contributed by atoms with Crippen LogP contribution in [-0.2, 0) is 0 Å². The number of nitrogens with two attached hydrogens (primary N) is 1. The third-order valence-corrected chi connectivity index (χ3v) is 4.01. The van der Waals surface area contributed by atoms with Gasteiger partial charge >= 0.3 is 0 Å². The quantitative estimate of drug-likeness (QED) is 0.771. The molecule has 2 aromatic rings. The third kappa shape index (κ3) is 3.23. The van der Waals surface area contributed by atoms with Gasteiger partial charge in [0.1, 0.15) is 0 Å². The van der Waals surface area contributed by atoms with Crippen LogP contribution >= 0.6 is 15.9 Å². The number of nitrogens with zero attached hydrogens (tertiary/aromatic N) is 1. The van der Waals surface area contributed by atoms with E-state index in [0.717, 1.165) is 47.0 Å². The van der Waals surface area contributed by atoms with Gasteiger partial charge in [-0.25, -0.2) is 0 Å². The second-order valence-corrected chi connectivity index (χ2v) is 6.01. The average molecular weight is 337 g/mol. The van der Waals surface area contributed by atoms with Gasteiger partial charge in [0, 0.05) is 10.4 Å². The Kier molecular flexibility index (Phi) is 5.24. The summed E-state index contributed by atoms with van der Waals surface area (Å²) in [6, 6.07) is 8.11. The van der Waals surface area contributed by atoms with E-state index in [9.17, 15) is 0 Å². The van der Waals surface area contributed by atoms with Gasteiger partial charge in [-0.05, 0) is 30.5 Å². The van der Waals surface area contributed by atoms with Crippen LogP contribution in [0.2, 0.25) is 0 Å². The van der Waals surface area contributed by atoms with Crippen molar-refractivity contribution in [3.63, 3.8) is 0 Å². The zero-order valence-corrected chi connectivity index (χ0v) is 13.6. The van der Waals surface area contributed by atoms with Gasteiger partial charge in [0.05, 0.1) is 11.3 Å². The summed E-state index contributed by atoms with van der Waals surface area (Å²) >= 11 is 3.50. The Morgan fingerprint density at radius 2 is 1.95 bits per heavy atom. The first-order valence-electron chi connectivity index (χ1n) is 7.18. The number of hydrogen-bond acceptors (Lipinski definition) is 3. The van der Waals surface area contributed by atoms with E-state index in [2.05, 4.69) is 41.0 Å². The summed E-state index contributed by atoms with van der Waals surface area (Å²) < 4.78 is 6.31. The molecule has 0 unspecified atom stereocenters. The molecule has 1 aromatic carbocycles. The number of anilines is 1. The Bertz CT molecular complexity index is 559. The number of aromatic nitrogens is 1. The minimum atomic E-state index is 0.412. The highest BCUT2D eigenvalue weighted by Gasteiger charge is 2.22. The van der Waals surface area contributed by atoms with Crippen molar-refractivity contribution in [2.45, 2.75) is 45.4 Å². The Hall–Kier alpha value is -1.29. The topological polar surface area (TPSA) is 52.0 Å². The highest BCUT2D eigenvalue weighted by molar-refractivity contribution is 9.10. The van der Waals surface area contributed by atoms with E-state index in [1.165, 1.54) is 0 Å². The van der Waals surface area contributed by atoms with Gasteiger partial charge in [-0.15, -0.1) is 0 Å². The van der Waals surface area contributed by atoms with Crippen LogP contribution in [0.3, 0.4) is 0 Å². The number of halogens is 1. The first kappa shape index (κ1) is 15.1. The van der Waals surface area contributed by atoms with E-state index < -0.39 is 0 Å². The lowest BCUT2D eigenvalue weighted by atomic mass is 9.90. The summed E-state index contributed by atoms with van der Waals surface area (Å²) in [7, 11) is 0. The zero-order chi connectivity index (χ0) is 14.5. The summed E-state index contributed by atoms with van der Waals surface area (Å²) in [5.41, 5.74) is 9.03. The van der Waals surface area contributed by atoms with Gasteiger partial charge in [0.25, 0.3) is 0 Å². The lowest BCUT2D eigenvalue weighted by Crippen LogP contribution is -2.01. The highest BCUT2D eigenvalue weighted by atomic mass is 79.9. The summed E-state index contributed by atoms with van der Waals surface area (Å²) in [6.07, 6.45) is 4.49. The van der Waals surface area contributed by atoms with Crippen molar-refractivity contribution < 1.29 is 4.52 Å². The second-order valence-electron chi connectivity index (χ2n) is 5.09. The molecule has 0 bridgehead atoms. The molecular weight excluding hydrogens is 316 g/mol. The molecule has 2 rings (SSSR count). The van der Waals surface area contributed by atoms with Crippen molar-refractivity contribution in [2.24, 2.45) is 0 Å². The lowest BCUT2D eigenvalue weighted by Gasteiger charge is -2.14. The second kappa shape index (κ2) is 6.93. The maximum absolute atomic E-state index is 6.01. The van der Waals surface area contributed by atoms with Crippen LogP contribution in [0.25, 0.3) is 11.1 Å². The number of benzene rings is 1. The molecule has 0 aliphatic heterocycles. The van der Waals surface area contributed by atoms with Crippen molar-refractivity contribution >= 4 is 21.8 Å². The van der Waals surface area contributed by atoms with Crippen LogP contribution in [-0.4, -0.2) is 5.16 Å². The molecule has 108 valence electrons. The molecule has 2 N–H and O–H groups in total. The smallest absolute Gasteiger partial charge is 0.230 e. The minimum Gasteiger partial charge on any atom is -0.367 e. The van der Waals surface area contributed by atoms with Crippen LogP contribution in [0.1, 0.15) is 51.1 Å². The van der Waals surface area contributed by atoms with Crippen LogP contribution < -0.4 is 5.73 Å². The molecule has 0 saturated heterocycles. The molecule has 0 aliphatic rings. The van der Waals surface area contributed by atoms with Crippen LogP contribution in [0.5, 0.6) is 0 Å². The first-order valence-corrected chi connectivity index (χ1v) is 7.97. The van der Waals surface area contributed by atoms with E-state index in [-0.39, 0.29) is 0 Å². The standard InChI is InChI=1S/C16H21BrN2O/c1-3-6-11(7-4-2)15-14(16(18)20-19-15)12-8-5-9-13(17)10-12/h5,8-11H,3-4,6-7,18H2,1-2H3. The molecule has 3 nitrogen and oxygen atoms in total. The van der Waals surface area contributed by atoms with Gasteiger partial charge in [0.2, 0.25) is 5.88 Å². The van der Waals surface area contributed by atoms with Crippen molar-refractivity contribution in [3.8, 4) is 11.1 Å². The molecule has 0 saturated carbocycles. The largest absolute Gasteiger partial charge is 0.367 e. The van der Waals surface area contributed by atoms with E-state index in [1.54, 1.807) is 0 Å². The predicted octanol–water partition coefficient (Wildman–Crippen LogP) is 5.37. The number of rotatable bonds is 6. The first-order chi connectivity index (χ1) is 9.67. The monoisotopic (exact) mass is 336 g/mol. The molecule has 4 heteroatoms. The fourth-order valence-corrected chi connectivity index (χ4v) is 3.04. The summed E-state index contributed by atoms with van der Waals surface area (Å²) in [6.45, 7) is 4.40. The lowest BCUT2D eigenvalue weighted by molar-refractivity contribution is 0.411. The van der Waals surface area contributed by atoms with Crippen molar-refractivity contribution in [1.82, 2.24) is 5.16 Å². The summed E-state index contributed by atoms with van der Waals surface area (Å²) in [5.74, 6) is 0.829. The molecule has 0 aliphatic carbocycles.